The Kier molecular flexibility index (Phi) is 3.90. The highest BCUT2D eigenvalue weighted by atomic mass is 19.4. The molecule has 2 atom stereocenters. The third-order valence-electron chi connectivity index (χ3n) is 3.68. The van der Waals surface area contributed by atoms with Gasteiger partial charge in [0.05, 0.1) is 5.56 Å². The molecule has 1 saturated carbocycles. The van der Waals surface area contributed by atoms with Crippen molar-refractivity contribution in [3.63, 3.8) is 0 Å². The van der Waals surface area contributed by atoms with Crippen LogP contribution < -0.4 is 5.32 Å². The minimum Gasteiger partial charge on any atom is -0.319 e. The summed E-state index contributed by atoms with van der Waals surface area (Å²) in [6.45, 7) is 0.761. The fraction of sp³-hybridized carbons (Fsp3) is 0.615. The maximum atomic E-state index is 13.0. The number of nitrogens with zero attached hydrogens (tertiary/aromatic N) is 1. The minimum absolute atomic E-state index is 0.0252. The summed E-state index contributed by atoms with van der Waals surface area (Å²) in [5.41, 5.74) is -0.159. The molecule has 1 aromatic heterocycles. The minimum atomic E-state index is -4.29. The molecule has 5 heteroatoms. The van der Waals surface area contributed by atoms with Gasteiger partial charge in [-0.2, -0.15) is 13.2 Å². The fourth-order valence-corrected chi connectivity index (χ4v) is 2.91. The highest BCUT2D eigenvalue weighted by Crippen LogP contribution is 2.43. The van der Waals surface area contributed by atoms with Crippen LogP contribution in [0.5, 0.6) is 0 Å². The van der Waals surface area contributed by atoms with Gasteiger partial charge >= 0.3 is 6.18 Å². The summed E-state index contributed by atoms with van der Waals surface area (Å²) in [6.07, 6.45) is 1.11. The van der Waals surface area contributed by atoms with E-state index in [0.717, 1.165) is 31.9 Å². The number of hydrogen-bond acceptors (Lipinski definition) is 2. The molecule has 0 aliphatic heterocycles. The lowest BCUT2D eigenvalue weighted by atomic mass is 9.87. The number of alkyl halides is 3. The van der Waals surface area contributed by atoms with E-state index < -0.39 is 11.7 Å². The Morgan fingerprint density at radius 3 is 2.83 bits per heavy atom. The monoisotopic (exact) mass is 258 g/mol. The van der Waals surface area contributed by atoms with Crippen LogP contribution in [-0.4, -0.2) is 18.6 Å². The molecule has 0 amide bonds. The van der Waals surface area contributed by atoms with Crippen molar-refractivity contribution >= 4 is 0 Å². The fourth-order valence-electron chi connectivity index (χ4n) is 2.91. The number of rotatable bonds is 3. The second-order valence-corrected chi connectivity index (χ2v) is 4.82. The molecule has 0 spiro atoms. The molecule has 0 bridgehead atoms. The summed E-state index contributed by atoms with van der Waals surface area (Å²) in [7, 11) is 1.84. The topological polar surface area (TPSA) is 24.9 Å². The van der Waals surface area contributed by atoms with Crippen molar-refractivity contribution in [2.45, 2.75) is 31.4 Å². The van der Waals surface area contributed by atoms with Gasteiger partial charge < -0.3 is 5.32 Å². The van der Waals surface area contributed by atoms with Crippen molar-refractivity contribution in [1.82, 2.24) is 10.3 Å². The lowest BCUT2D eigenvalue weighted by Crippen LogP contribution is -2.23. The molecule has 100 valence electrons. The molecule has 0 saturated heterocycles. The normalized spacial score (nSPS) is 24.4. The summed E-state index contributed by atoms with van der Waals surface area (Å²) in [5, 5.41) is 3.07. The standard InChI is InChI=1S/C13H17F3N2/c1-17-7-9-3-2-4-10(9)11-8-18-6-5-12(11)13(14,15)16/h5-6,8-10,17H,2-4,7H2,1H3. The lowest BCUT2D eigenvalue weighted by molar-refractivity contribution is -0.138. The highest BCUT2D eigenvalue weighted by molar-refractivity contribution is 5.31. The van der Waals surface area contributed by atoms with E-state index in [9.17, 15) is 13.2 Å². The largest absolute Gasteiger partial charge is 0.416 e. The number of nitrogens with one attached hydrogen (secondary N) is 1. The molecule has 2 rings (SSSR count). The smallest absolute Gasteiger partial charge is 0.319 e. The molecular formula is C13H17F3N2. The van der Waals surface area contributed by atoms with Gasteiger partial charge in [0.2, 0.25) is 0 Å². The first-order chi connectivity index (χ1) is 8.54. The first kappa shape index (κ1) is 13.3. The lowest BCUT2D eigenvalue weighted by Gasteiger charge is -2.22. The van der Waals surface area contributed by atoms with E-state index >= 15 is 0 Å². The van der Waals surface area contributed by atoms with Gasteiger partial charge in [-0.1, -0.05) is 6.42 Å². The van der Waals surface area contributed by atoms with E-state index in [0.29, 0.717) is 5.56 Å². The first-order valence-corrected chi connectivity index (χ1v) is 6.19. The van der Waals surface area contributed by atoms with Gasteiger partial charge in [-0.25, -0.2) is 0 Å². The number of halogens is 3. The zero-order valence-electron chi connectivity index (χ0n) is 10.3. The van der Waals surface area contributed by atoms with Crippen molar-refractivity contribution < 1.29 is 13.2 Å². The van der Waals surface area contributed by atoms with Gasteiger partial charge in [0, 0.05) is 12.4 Å². The average Bonchev–Trinajstić information content (AvgIpc) is 2.77. The Hall–Kier alpha value is -1.10. The van der Waals surface area contributed by atoms with E-state index in [1.165, 1.54) is 12.4 Å². The van der Waals surface area contributed by atoms with Crippen LogP contribution in [0.1, 0.15) is 36.3 Å². The van der Waals surface area contributed by atoms with E-state index in [4.69, 9.17) is 0 Å². The van der Waals surface area contributed by atoms with Crippen molar-refractivity contribution in [3.8, 4) is 0 Å². The Balaban J connectivity index is 2.33. The summed E-state index contributed by atoms with van der Waals surface area (Å²) in [5.74, 6) is 0.253. The predicted molar refractivity (Wildman–Crippen MR) is 63.2 cm³/mol. The molecule has 1 aromatic rings. The van der Waals surface area contributed by atoms with E-state index in [-0.39, 0.29) is 11.8 Å². The van der Waals surface area contributed by atoms with Gasteiger partial charge in [-0.15, -0.1) is 0 Å². The summed E-state index contributed by atoms with van der Waals surface area (Å²) in [4.78, 5) is 3.88. The molecule has 18 heavy (non-hydrogen) atoms. The zero-order chi connectivity index (χ0) is 13.2. The number of pyridine rings is 1. The van der Waals surface area contributed by atoms with Crippen molar-refractivity contribution in [2.24, 2.45) is 5.92 Å². The number of aromatic nitrogens is 1. The van der Waals surface area contributed by atoms with Crippen LogP contribution in [0, 0.1) is 5.92 Å². The van der Waals surface area contributed by atoms with Crippen LogP contribution in [0.25, 0.3) is 0 Å². The third kappa shape index (κ3) is 2.66. The Labute approximate surface area is 105 Å². The third-order valence-corrected chi connectivity index (χ3v) is 3.68. The van der Waals surface area contributed by atoms with Crippen LogP contribution in [0.3, 0.4) is 0 Å². The maximum Gasteiger partial charge on any atom is 0.416 e. The highest BCUT2D eigenvalue weighted by Gasteiger charge is 2.38. The second-order valence-electron chi connectivity index (χ2n) is 4.82. The maximum absolute atomic E-state index is 13.0. The number of hydrogen-bond donors (Lipinski definition) is 1. The average molecular weight is 258 g/mol. The van der Waals surface area contributed by atoms with Gasteiger partial charge in [0.15, 0.2) is 0 Å². The second kappa shape index (κ2) is 5.26. The zero-order valence-corrected chi connectivity index (χ0v) is 10.3. The van der Waals surface area contributed by atoms with Crippen molar-refractivity contribution in [1.29, 1.82) is 0 Å². The molecular weight excluding hydrogens is 241 g/mol. The Morgan fingerprint density at radius 1 is 1.39 bits per heavy atom. The van der Waals surface area contributed by atoms with Crippen LogP contribution in [0.2, 0.25) is 0 Å². The van der Waals surface area contributed by atoms with Crippen LogP contribution in [0.15, 0.2) is 18.5 Å². The van der Waals surface area contributed by atoms with Gasteiger partial charge in [0.25, 0.3) is 0 Å². The van der Waals surface area contributed by atoms with Crippen LogP contribution in [-0.2, 0) is 6.18 Å². The van der Waals surface area contributed by atoms with Gasteiger partial charge in [-0.05, 0) is 49.9 Å². The molecule has 2 nitrogen and oxygen atoms in total. The summed E-state index contributed by atoms with van der Waals surface area (Å²) >= 11 is 0. The predicted octanol–water partition coefficient (Wildman–Crippen LogP) is 3.20. The molecule has 0 radical (unpaired) electrons. The SMILES string of the molecule is CNCC1CCCC1c1cnccc1C(F)(F)F. The Morgan fingerprint density at radius 2 is 2.17 bits per heavy atom. The molecule has 1 N–H and O–H groups in total. The van der Waals surface area contributed by atoms with Crippen molar-refractivity contribution in [3.05, 3.63) is 29.6 Å². The van der Waals surface area contributed by atoms with Gasteiger partial charge in [0.1, 0.15) is 0 Å². The molecule has 2 unspecified atom stereocenters. The van der Waals surface area contributed by atoms with Crippen LogP contribution in [0.4, 0.5) is 13.2 Å². The molecule has 1 aliphatic carbocycles. The van der Waals surface area contributed by atoms with E-state index in [2.05, 4.69) is 10.3 Å². The summed E-state index contributed by atoms with van der Waals surface area (Å²) in [6, 6.07) is 1.09. The van der Waals surface area contributed by atoms with E-state index in [1.54, 1.807) is 0 Å². The first-order valence-electron chi connectivity index (χ1n) is 6.19. The quantitative estimate of drug-likeness (QED) is 0.900. The molecule has 0 aromatic carbocycles. The molecule has 1 aliphatic rings. The van der Waals surface area contributed by atoms with E-state index in [1.807, 2.05) is 7.05 Å². The Bertz CT molecular complexity index is 403. The molecule has 1 heterocycles. The van der Waals surface area contributed by atoms with Crippen LogP contribution >= 0.6 is 0 Å². The summed E-state index contributed by atoms with van der Waals surface area (Å²) < 4.78 is 38.9. The van der Waals surface area contributed by atoms with Crippen molar-refractivity contribution in [2.75, 3.05) is 13.6 Å². The molecule has 1 fully saturated rings. The van der Waals surface area contributed by atoms with Gasteiger partial charge in [-0.3, -0.25) is 4.98 Å².